The predicted molar refractivity (Wildman–Crippen MR) is 82.5 cm³/mol. The number of aromatic nitrogens is 2. The Morgan fingerprint density at radius 1 is 1.50 bits per heavy atom. The van der Waals surface area contributed by atoms with Gasteiger partial charge in [0.1, 0.15) is 11.9 Å². The lowest BCUT2D eigenvalue weighted by Crippen LogP contribution is -2.03. The van der Waals surface area contributed by atoms with E-state index in [1.165, 1.54) is 18.9 Å². The molecule has 1 saturated carbocycles. The van der Waals surface area contributed by atoms with Gasteiger partial charge in [0.25, 0.3) is 0 Å². The van der Waals surface area contributed by atoms with Crippen LogP contribution in [0.5, 0.6) is 0 Å². The third-order valence-corrected chi connectivity index (χ3v) is 4.48. The van der Waals surface area contributed by atoms with E-state index in [1.807, 2.05) is 0 Å². The quantitative estimate of drug-likeness (QED) is 0.762. The molecule has 3 nitrogen and oxygen atoms in total. The molecule has 0 radical (unpaired) electrons. The Hall–Kier alpha value is -1.42. The number of hydrogen-bond donors (Lipinski definition) is 0. The summed E-state index contributed by atoms with van der Waals surface area (Å²) in [5.41, 5.74) is 2.47. The summed E-state index contributed by atoms with van der Waals surface area (Å²) in [7, 11) is 1.77. The molecule has 102 valence electrons. The fraction of sp³-hybridized carbons (Fsp3) is 0.333. The Morgan fingerprint density at radius 3 is 2.80 bits per heavy atom. The van der Waals surface area contributed by atoms with Crippen LogP contribution in [0.4, 0.5) is 4.39 Å². The molecule has 1 fully saturated rings. The minimum Gasteiger partial charge on any atom is -0.267 e. The molecule has 1 aromatic carbocycles. The predicted octanol–water partition coefficient (Wildman–Crippen LogP) is 3.65. The fourth-order valence-electron chi connectivity index (χ4n) is 2.47. The van der Waals surface area contributed by atoms with Crippen molar-refractivity contribution < 1.29 is 4.39 Å². The maximum atomic E-state index is 14.3. The van der Waals surface area contributed by atoms with E-state index >= 15 is 0 Å². The van der Waals surface area contributed by atoms with Crippen molar-refractivity contribution in [3.05, 3.63) is 38.8 Å². The fourth-order valence-corrected chi connectivity index (χ4v) is 3.22. The van der Waals surface area contributed by atoms with Crippen molar-refractivity contribution in [3.8, 4) is 17.3 Å². The first kappa shape index (κ1) is 13.6. The van der Waals surface area contributed by atoms with Gasteiger partial charge in [-0.25, -0.2) is 4.39 Å². The molecular weight excluding hydrogens is 368 g/mol. The van der Waals surface area contributed by atoms with Crippen LogP contribution in [0.25, 0.3) is 11.3 Å². The number of nitrogens with zero attached hydrogens (tertiary/aromatic N) is 3. The lowest BCUT2D eigenvalue weighted by Gasteiger charge is -2.11. The lowest BCUT2D eigenvalue weighted by atomic mass is 9.95. The van der Waals surface area contributed by atoms with E-state index in [9.17, 15) is 9.65 Å². The van der Waals surface area contributed by atoms with Crippen molar-refractivity contribution in [2.24, 2.45) is 13.0 Å². The van der Waals surface area contributed by atoms with Crippen molar-refractivity contribution >= 4 is 22.6 Å². The van der Waals surface area contributed by atoms with Crippen molar-refractivity contribution in [2.75, 3.05) is 0 Å². The van der Waals surface area contributed by atoms with Gasteiger partial charge in [-0.15, -0.1) is 0 Å². The first-order valence-electron chi connectivity index (χ1n) is 6.51. The zero-order chi connectivity index (χ0) is 14.3. The molecule has 0 aliphatic heterocycles. The van der Waals surface area contributed by atoms with E-state index in [4.69, 9.17) is 0 Å². The summed E-state index contributed by atoms with van der Waals surface area (Å²) >= 11 is 2.12. The molecule has 1 aliphatic rings. The molecule has 0 spiro atoms. The summed E-state index contributed by atoms with van der Waals surface area (Å²) in [5, 5.41) is 13.6. The summed E-state index contributed by atoms with van der Waals surface area (Å²) in [6.45, 7) is 0. The standard InChI is InChI=1S/C15H13FIN3/c1-20-15(13(17)8-19-20)14-11(7-18)10(4-5-12(14)16)6-9-2-3-9/h4-5,8-9H,2-3,6H2,1H3. The largest absolute Gasteiger partial charge is 0.267 e. The summed E-state index contributed by atoms with van der Waals surface area (Å²) in [6.07, 6.45) is 4.97. The molecule has 0 atom stereocenters. The number of halogens is 2. The second-order valence-corrected chi connectivity index (χ2v) is 6.34. The van der Waals surface area contributed by atoms with Crippen LogP contribution in [-0.4, -0.2) is 9.78 Å². The molecule has 5 heteroatoms. The lowest BCUT2D eigenvalue weighted by molar-refractivity contribution is 0.626. The Morgan fingerprint density at radius 2 is 2.25 bits per heavy atom. The van der Waals surface area contributed by atoms with E-state index in [1.54, 1.807) is 24.0 Å². The molecule has 0 bridgehead atoms. The van der Waals surface area contributed by atoms with Gasteiger partial charge in [0.05, 0.1) is 26.6 Å². The van der Waals surface area contributed by atoms with Gasteiger partial charge in [-0.1, -0.05) is 6.07 Å². The van der Waals surface area contributed by atoms with Crippen LogP contribution >= 0.6 is 22.6 Å². The van der Waals surface area contributed by atoms with E-state index < -0.39 is 0 Å². The van der Waals surface area contributed by atoms with Crippen LogP contribution < -0.4 is 0 Å². The van der Waals surface area contributed by atoms with Crippen LogP contribution in [0.2, 0.25) is 0 Å². The molecule has 1 aromatic heterocycles. The highest BCUT2D eigenvalue weighted by Crippen LogP contribution is 2.37. The minimum atomic E-state index is -0.359. The highest BCUT2D eigenvalue weighted by molar-refractivity contribution is 14.1. The van der Waals surface area contributed by atoms with Crippen molar-refractivity contribution in [2.45, 2.75) is 19.3 Å². The number of benzene rings is 1. The van der Waals surface area contributed by atoms with Crippen LogP contribution in [0, 0.1) is 26.6 Å². The normalized spacial score (nSPS) is 14.3. The van der Waals surface area contributed by atoms with E-state index in [0.29, 0.717) is 22.7 Å². The second-order valence-electron chi connectivity index (χ2n) is 5.18. The Balaban J connectivity index is 2.20. The third kappa shape index (κ3) is 2.33. The molecule has 0 amide bonds. The molecule has 0 N–H and O–H groups in total. The van der Waals surface area contributed by atoms with Crippen molar-refractivity contribution in [1.82, 2.24) is 9.78 Å². The highest BCUT2D eigenvalue weighted by Gasteiger charge is 2.26. The molecule has 2 aromatic rings. The van der Waals surface area contributed by atoms with Crippen molar-refractivity contribution in [1.29, 1.82) is 5.26 Å². The molecule has 20 heavy (non-hydrogen) atoms. The number of nitriles is 1. The Labute approximate surface area is 130 Å². The van der Waals surface area contributed by atoms with Gasteiger partial charge in [0.15, 0.2) is 0 Å². The van der Waals surface area contributed by atoms with Gasteiger partial charge in [0, 0.05) is 7.05 Å². The molecule has 1 heterocycles. The average Bonchev–Trinajstić information content (AvgIpc) is 3.18. The zero-order valence-corrected chi connectivity index (χ0v) is 13.2. The number of aryl methyl sites for hydroxylation is 1. The second kappa shape index (κ2) is 5.17. The maximum Gasteiger partial charge on any atom is 0.133 e. The summed E-state index contributed by atoms with van der Waals surface area (Å²) in [5.74, 6) is 0.300. The molecule has 0 saturated heterocycles. The van der Waals surface area contributed by atoms with Crippen LogP contribution in [0.15, 0.2) is 18.3 Å². The van der Waals surface area contributed by atoms with Gasteiger partial charge in [-0.3, -0.25) is 4.68 Å². The van der Waals surface area contributed by atoms with E-state index in [0.717, 1.165) is 15.6 Å². The van der Waals surface area contributed by atoms with Gasteiger partial charge in [0.2, 0.25) is 0 Å². The van der Waals surface area contributed by atoms with Crippen LogP contribution in [-0.2, 0) is 13.5 Å². The van der Waals surface area contributed by atoms with Gasteiger partial charge in [-0.2, -0.15) is 10.4 Å². The van der Waals surface area contributed by atoms with E-state index in [2.05, 4.69) is 33.8 Å². The van der Waals surface area contributed by atoms with Crippen LogP contribution in [0.1, 0.15) is 24.0 Å². The Kier molecular flexibility index (Phi) is 3.50. The van der Waals surface area contributed by atoms with Crippen molar-refractivity contribution in [3.63, 3.8) is 0 Å². The first-order chi connectivity index (χ1) is 9.61. The summed E-state index contributed by atoms with van der Waals surface area (Å²) < 4.78 is 16.8. The molecular formula is C15H13FIN3. The number of hydrogen-bond acceptors (Lipinski definition) is 2. The monoisotopic (exact) mass is 381 g/mol. The smallest absolute Gasteiger partial charge is 0.133 e. The summed E-state index contributed by atoms with van der Waals surface area (Å²) in [6, 6.07) is 5.41. The summed E-state index contributed by atoms with van der Waals surface area (Å²) in [4.78, 5) is 0. The average molecular weight is 381 g/mol. The highest BCUT2D eigenvalue weighted by atomic mass is 127. The SMILES string of the molecule is Cn1ncc(I)c1-c1c(F)ccc(CC2CC2)c1C#N. The topological polar surface area (TPSA) is 41.6 Å². The molecule has 1 aliphatic carbocycles. The molecule has 0 unspecified atom stereocenters. The van der Waals surface area contributed by atoms with E-state index in [-0.39, 0.29) is 5.82 Å². The van der Waals surface area contributed by atoms with Crippen LogP contribution in [0.3, 0.4) is 0 Å². The third-order valence-electron chi connectivity index (χ3n) is 3.69. The zero-order valence-electron chi connectivity index (χ0n) is 11.0. The van der Waals surface area contributed by atoms with Gasteiger partial charge < -0.3 is 0 Å². The maximum absolute atomic E-state index is 14.3. The van der Waals surface area contributed by atoms with Gasteiger partial charge in [-0.05, 0) is 59.4 Å². The first-order valence-corrected chi connectivity index (χ1v) is 7.59. The minimum absolute atomic E-state index is 0.359. The molecule has 3 rings (SSSR count). The Bertz CT molecular complexity index is 691. The van der Waals surface area contributed by atoms with Gasteiger partial charge >= 0.3 is 0 Å². The number of rotatable bonds is 3.